The van der Waals surface area contributed by atoms with Crippen molar-refractivity contribution in [2.45, 2.75) is 19.4 Å². The molecular weight excluding hydrogens is 370 g/mol. The fourth-order valence-corrected chi connectivity index (χ4v) is 4.09. The van der Waals surface area contributed by atoms with E-state index in [1.165, 1.54) is 27.7 Å². The van der Waals surface area contributed by atoms with E-state index in [1.807, 2.05) is 12.1 Å². The van der Waals surface area contributed by atoms with E-state index < -0.39 is 0 Å². The number of H-pyrrole nitrogens is 1. The Hall–Kier alpha value is -2.73. The molecule has 0 fully saturated rings. The first-order chi connectivity index (χ1) is 13.7. The first-order valence-electron chi connectivity index (χ1n) is 9.51. The zero-order valence-corrected chi connectivity index (χ0v) is 17.1. The summed E-state index contributed by atoms with van der Waals surface area (Å²) >= 11 is 5.64. The van der Waals surface area contributed by atoms with Gasteiger partial charge in [0, 0.05) is 29.7 Å². The van der Waals surface area contributed by atoms with Gasteiger partial charge in [-0.3, -0.25) is 0 Å². The van der Waals surface area contributed by atoms with E-state index in [4.69, 9.17) is 21.7 Å². The van der Waals surface area contributed by atoms with Crippen molar-refractivity contribution >= 4 is 28.2 Å². The number of fused-ring (bicyclic) bond motifs is 3. The van der Waals surface area contributed by atoms with Gasteiger partial charge in [-0.15, -0.1) is 0 Å². The molecule has 2 N–H and O–H groups in total. The van der Waals surface area contributed by atoms with Crippen molar-refractivity contribution in [3.63, 3.8) is 0 Å². The van der Waals surface area contributed by atoms with E-state index in [-0.39, 0.29) is 0 Å². The Morgan fingerprint density at radius 1 is 1.14 bits per heavy atom. The highest BCUT2D eigenvalue weighted by molar-refractivity contribution is 7.80. The molecule has 4 rings (SSSR count). The van der Waals surface area contributed by atoms with Crippen LogP contribution in [0.15, 0.2) is 42.5 Å². The van der Waals surface area contributed by atoms with Gasteiger partial charge in [0.05, 0.1) is 20.8 Å². The first-order valence-corrected chi connectivity index (χ1v) is 9.92. The van der Waals surface area contributed by atoms with Crippen molar-refractivity contribution in [1.82, 2.24) is 15.2 Å². The summed E-state index contributed by atoms with van der Waals surface area (Å²) in [5.74, 6) is 1.50. The van der Waals surface area contributed by atoms with Gasteiger partial charge in [-0.2, -0.15) is 0 Å². The van der Waals surface area contributed by atoms with Crippen LogP contribution < -0.4 is 14.8 Å². The normalized spacial score (nSPS) is 13.3. The lowest BCUT2D eigenvalue weighted by molar-refractivity contribution is 0.354. The van der Waals surface area contributed by atoms with Crippen LogP contribution >= 0.6 is 12.2 Å². The van der Waals surface area contributed by atoms with Crippen molar-refractivity contribution in [2.24, 2.45) is 0 Å². The predicted octanol–water partition coefficient (Wildman–Crippen LogP) is 3.66. The van der Waals surface area contributed by atoms with E-state index in [9.17, 15) is 0 Å². The number of benzene rings is 2. The highest BCUT2D eigenvalue weighted by Crippen LogP contribution is 2.28. The van der Waals surface area contributed by atoms with Crippen LogP contribution in [0.5, 0.6) is 11.5 Å². The molecule has 0 spiro atoms. The summed E-state index contributed by atoms with van der Waals surface area (Å²) in [5, 5.41) is 5.55. The van der Waals surface area contributed by atoms with Crippen LogP contribution in [0, 0.1) is 0 Å². The lowest BCUT2D eigenvalue weighted by Crippen LogP contribution is -2.43. The number of rotatable bonds is 5. The van der Waals surface area contributed by atoms with E-state index in [0.29, 0.717) is 0 Å². The maximum atomic E-state index is 5.64. The standard InChI is InChI=1S/C22H25N3O2S/c1-26-20-8-7-15(13-21(20)27-2)9-11-23-22(28)25-12-10-17-16-5-3-4-6-18(16)24-19(17)14-25/h3-8,13,24H,9-12,14H2,1-2H3,(H,23,28). The minimum Gasteiger partial charge on any atom is -0.493 e. The third kappa shape index (κ3) is 3.64. The summed E-state index contributed by atoms with van der Waals surface area (Å²) < 4.78 is 10.7. The number of hydrogen-bond donors (Lipinski definition) is 2. The maximum Gasteiger partial charge on any atom is 0.169 e. The Labute approximate surface area is 170 Å². The molecule has 5 nitrogen and oxygen atoms in total. The summed E-state index contributed by atoms with van der Waals surface area (Å²) in [4.78, 5) is 5.79. The second-order valence-electron chi connectivity index (χ2n) is 6.97. The molecular formula is C22H25N3O2S. The highest BCUT2D eigenvalue weighted by Gasteiger charge is 2.21. The summed E-state index contributed by atoms with van der Waals surface area (Å²) in [6.45, 7) is 2.55. The van der Waals surface area contributed by atoms with Gasteiger partial charge in [-0.1, -0.05) is 24.3 Å². The summed E-state index contributed by atoms with van der Waals surface area (Å²) in [5.41, 5.74) is 5.10. The van der Waals surface area contributed by atoms with Gasteiger partial charge in [-0.25, -0.2) is 0 Å². The predicted molar refractivity (Wildman–Crippen MR) is 116 cm³/mol. The van der Waals surface area contributed by atoms with Crippen molar-refractivity contribution in [3.05, 3.63) is 59.3 Å². The van der Waals surface area contributed by atoms with Gasteiger partial charge >= 0.3 is 0 Å². The summed E-state index contributed by atoms with van der Waals surface area (Å²) in [6.07, 6.45) is 1.88. The number of nitrogens with zero attached hydrogens (tertiary/aromatic N) is 1. The highest BCUT2D eigenvalue weighted by atomic mass is 32.1. The number of hydrogen-bond acceptors (Lipinski definition) is 3. The Kier molecular flexibility index (Phi) is 5.39. The fraction of sp³-hybridized carbons (Fsp3) is 0.318. The summed E-state index contributed by atoms with van der Waals surface area (Å²) in [6, 6.07) is 14.5. The van der Waals surface area contributed by atoms with Gasteiger partial charge in [-0.05, 0) is 54.4 Å². The van der Waals surface area contributed by atoms with E-state index in [1.54, 1.807) is 14.2 Å². The number of methoxy groups -OCH3 is 2. The molecule has 0 aliphatic carbocycles. The zero-order valence-electron chi connectivity index (χ0n) is 16.2. The molecule has 6 heteroatoms. The molecule has 1 aliphatic heterocycles. The second-order valence-corrected chi connectivity index (χ2v) is 7.36. The molecule has 28 heavy (non-hydrogen) atoms. The number of thiocarbonyl (C=S) groups is 1. The molecule has 2 heterocycles. The minimum atomic E-state index is 0.747. The van der Waals surface area contributed by atoms with Gasteiger partial charge in [0.2, 0.25) is 0 Å². The lowest BCUT2D eigenvalue weighted by atomic mass is 10.0. The number of aromatic nitrogens is 1. The van der Waals surface area contributed by atoms with Crippen LogP contribution in [0.1, 0.15) is 16.8 Å². The van der Waals surface area contributed by atoms with Crippen LogP contribution in [0.4, 0.5) is 0 Å². The number of ether oxygens (including phenoxy) is 2. The average molecular weight is 396 g/mol. The number of nitrogens with one attached hydrogen (secondary N) is 2. The Morgan fingerprint density at radius 2 is 1.96 bits per heavy atom. The van der Waals surface area contributed by atoms with Crippen LogP contribution in [-0.2, 0) is 19.4 Å². The molecule has 2 aromatic carbocycles. The zero-order chi connectivity index (χ0) is 19.5. The molecule has 146 valence electrons. The molecule has 1 aromatic heterocycles. The molecule has 0 saturated carbocycles. The summed E-state index contributed by atoms with van der Waals surface area (Å²) in [7, 11) is 3.30. The molecule has 0 amide bonds. The van der Waals surface area contributed by atoms with Crippen molar-refractivity contribution < 1.29 is 9.47 Å². The van der Waals surface area contributed by atoms with E-state index in [0.717, 1.165) is 49.1 Å². The average Bonchev–Trinajstić information content (AvgIpc) is 3.11. The molecule has 0 radical (unpaired) electrons. The van der Waals surface area contributed by atoms with Gasteiger partial charge < -0.3 is 24.7 Å². The third-order valence-corrected chi connectivity index (χ3v) is 5.71. The number of para-hydroxylation sites is 1. The Morgan fingerprint density at radius 3 is 2.79 bits per heavy atom. The molecule has 0 unspecified atom stereocenters. The van der Waals surface area contributed by atoms with Crippen LogP contribution in [0.2, 0.25) is 0 Å². The topological polar surface area (TPSA) is 49.5 Å². The Bertz CT molecular complexity index is 999. The smallest absolute Gasteiger partial charge is 0.169 e. The molecule has 0 atom stereocenters. The quantitative estimate of drug-likeness (QED) is 0.646. The lowest BCUT2D eigenvalue weighted by Gasteiger charge is -2.29. The second kappa shape index (κ2) is 8.10. The number of aromatic amines is 1. The van der Waals surface area contributed by atoms with Gasteiger partial charge in [0.1, 0.15) is 0 Å². The molecule has 3 aromatic rings. The Balaban J connectivity index is 1.35. The minimum absolute atomic E-state index is 0.747. The third-order valence-electron chi connectivity index (χ3n) is 5.31. The SMILES string of the molecule is COc1ccc(CCNC(=S)N2CCc3c([nH]c4ccccc34)C2)cc1OC. The molecule has 0 bridgehead atoms. The van der Waals surface area contributed by atoms with Crippen molar-refractivity contribution in [2.75, 3.05) is 27.3 Å². The van der Waals surface area contributed by atoms with Crippen LogP contribution in [0.25, 0.3) is 10.9 Å². The van der Waals surface area contributed by atoms with Crippen LogP contribution in [-0.4, -0.2) is 42.3 Å². The fourth-order valence-electron chi connectivity index (χ4n) is 3.83. The molecule has 1 aliphatic rings. The largest absolute Gasteiger partial charge is 0.493 e. The van der Waals surface area contributed by atoms with Gasteiger partial charge in [0.25, 0.3) is 0 Å². The molecule has 0 saturated heterocycles. The van der Waals surface area contributed by atoms with Crippen molar-refractivity contribution in [1.29, 1.82) is 0 Å². The van der Waals surface area contributed by atoms with Crippen molar-refractivity contribution in [3.8, 4) is 11.5 Å². The van der Waals surface area contributed by atoms with Gasteiger partial charge in [0.15, 0.2) is 16.6 Å². The van der Waals surface area contributed by atoms with Crippen LogP contribution in [0.3, 0.4) is 0 Å². The van der Waals surface area contributed by atoms with E-state index in [2.05, 4.69) is 45.5 Å². The van der Waals surface area contributed by atoms with E-state index >= 15 is 0 Å². The first kappa shape index (κ1) is 18.6. The maximum absolute atomic E-state index is 5.64. The monoisotopic (exact) mass is 395 g/mol.